The van der Waals surface area contributed by atoms with E-state index in [2.05, 4.69) is 41.1 Å². The van der Waals surface area contributed by atoms with Gasteiger partial charge in [0.25, 0.3) is 0 Å². The van der Waals surface area contributed by atoms with Gasteiger partial charge in [-0.1, -0.05) is 19.0 Å². The maximum atomic E-state index is 8.72. The summed E-state index contributed by atoms with van der Waals surface area (Å²) in [6.07, 6.45) is 8.34. The molecule has 9 heteroatoms. The molecule has 2 aromatic heterocycles. The number of hydrogen-bond donors (Lipinski definition) is 3. The normalized spacial score (nSPS) is 11.7. The molecule has 8 nitrogen and oxygen atoms in total. The van der Waals surface area contributed by atoms with E-state index in [4.69, 9.17) is 25.4 Å². The number of unbranched alkanes of at least 4 members (excludes halogenated alkanes) is 2. The molecule has 0 bridgehead atoms. The van der Waals surface area contributed by atoms with Crippen molar-refractivity contribution in [1.29, 1.82) is 0 Å². The van der Waals surface area contributed by atoms with Crippen LogP contribution in [0.4, 0.5) is 0 Å². The predicted molar refractivity (Wildman–Crippen MR) is 151 cm³/mol. The Kier molecular flexibility index (Phi) is 9.75. The Morgan fingerprint density at radius 1 is 0.974 bits per heavy atom. The SMILES string of the molecule is CC(C)c1nc(-c2ccc(OCCCCCOc3ccc(C(N)=NO)cc3)cc2)c(CCc2ncc[nH]2)s1. The zero-order valence-corrected chi connectivity index (χ0v) is 22.7. The lowest BCUT2D eigenvalue weighted by Gasteiger charge is -2.09. The van der Waals surface area contributed by atoms with Crippen LogP contribution in [0.25, 0.3) is 11.3 Å². The van der Waals surface area contributed by atoms with Crippen LogP contribution in [0.5, 0.6) is 11.5 Å². The lowest BCUT2D eigenvalue weighted by Crippen LogP contribution is -2.12. The molecule has 38 heavy (non-hydrogen) atoms. The lowest BCUT2D eigenvalue weighted by molar-refractivity contribution is 0.279. The van der Waals surface area contributed by atoms with Crippen molar-refractivity contribution >= 4 is 17.2 Å². The fraction of sp³-hybridized carbons (Fsp3) is 0.345. The molecule has 4 aromatic rings. The van der Waals surface area contributed by atoms with Crippen LogP contribution in [0.2, 0.25) is 0 Å². The number of nitrogens with two attached hydrogens (primary N) is 1. The summed E-state index contributed by atoms with van der Waals surface area (Å²) in [4.78, 5) is 13.8. The predicted octanol–water partition coefficient (Wildman–Crippen LogP) is 6.16. The van der Waals surface area contributed by atoms with Crippen molar-refractivity contribution in [2.75, 3.05) is 13.2 Å². The van der Waals surface area contributed by atoms with Crippen LogP contribution in [0.1, 0.15) is 60.3 Å². The maximum Gasteiger partial charge on any atom is 0.170 e. The van der Waals surface area contributed by atoms with Crippen molar-refractivity contribution in [3.8, 4) is 22.8 Å². The summed E-state index contributed by atoms with van der Waals surface area (Å²) in [5.74, 6) is 3.11. The van der Waals surface area contributed by atoms with Gasteiger partial charge in [-0.15, -0.1) is 11.3 Å². The van der Waals surface area contributed by atoms with E-state index in [9.17, 15) is 0 Å². The average Bonchev–Trinajstić information content (AvgIpc) is 3.62. The second-order valence-electron chi connectivity index (χ2n) is 9.31. The largest absolute Gasteiger partial charge is 0.494 e. The van der Waals surface area contributed by atoms with E-state index in [-0.39, 0.29) is 5.84 Å². The molecular formula is C29H35N5O3S. The summed E-state index contributed by atoms with van der Waals surface area (Å²) in [6.45, 7) is 5.67. The number of imidazole rings is 1. The molecule has 0 saturated carbocycles. The highest BCUT2D eigenvalue weighted by atomic mass is 32.1. The average molecular weight is 534 g/mol. The van der Waals surface area contributed by atoms with Gasteiger partial charge in [0, 0.05) is 40.7 Å². The first-order chi connectivity index (χ1) is 18.5. The van der Waals surface area contributed by atoms with Crippen molar-refractivity contribution in [2.45, 2.75) is 51.9 Å². The highest BCUT2D eigenvalue weighted by Gasteiger charge is 2.16. The zero-order chi connectivity index (χ0) is 26.7. The van der Waals surface area contributed by atoms with E-state index >= 15 is 0 Å². The molecule has 0 aliphatic carbocycles. The summed E-state index contributed by atoms with van der Waals surface area (Å²) in [5, 5.41) is 12.9. The number of amidine groups is 1. The molecular weight excluding hydrogens is 498 g/mol. The van der Waals surface area contributed by atoms with E-state index in [1.54, 1.807) is 29.7 Å². The minimum atomic E-state index is 0.0837. The Balaban J connectivity index is 1.20. The Hall–Kier alpha value is -3.85. The first-order valence-corrected chi connectivity index (χ1v) is 13.8. The number of benzene rings is 2. The van der Waals surface area contributed by atoms with E-state index in [1.165, 1.54) is 4.88 Å². The number of aromatic amines is 1. The molecule has 0 unspecified atom stereocenters. The van der Waals surface area contributed by atoms with Crippen LogP contribution >= 0.6 is 11.3 Å². The number of rotatable bonds is 14. The summed E-state index contributed by atoms with van der Waals surface area (Å²) >= 11 is 1.80. The van der Waals surface area contributed by atoms with E-state index in [0.29, 0.717) is 24.7 Å². The number of hydrogen-bond acceptors (Lipinski definition) is 7. The summed E-state index contributed by atoms with van der Waals surface area (Å²) in [7, 11) is 0. The smallest absolute Gasteiger partial charge is 0.170 e. The molecule has 0 aliphatic heterocycles. The number of nitrogens with one attached hydrogen (secondary N) is 1. The van der Waals surface area contributed by atoms with E-state index in [0.717, 1.165) is 65.7 Å². The van der Waals surface area contributed by atoms with Crippen LogP contribution in [0, 0.1) is 0 Å². The number of thiazole rings is 1. The minimum Gasteiger partial charge on any atom is -0.494 e. The van der Waals surface area contributed by atoms with Gasteiger partial charge in [-0.05, 0) is 74.2 Å². The van der Waals surface area contributed by atoms with Gasteiger partial charge in [0.05, 0.1) is 23.9 Å². The van der Waals surface area contributed by atoms with Gasteiger partial charge in [0.15, 0.2) is 5.84 Å². The van der Waals surface area contributed by atoms with E-state index < -0.39 is 0 Å². The standard InChI is InChI=1S/C29H35N5O3S/c1-20(2)29-33-27(25(38-29)14-15-26-31-16-17-32-26)21-6-10-23(11-7-21)36-18-4-3-5-19-37-24-12-8-22(9-13-24)28(30)34-35/h6-13,16-17,20,35H,3-5,14-15,18-19H2,1-2H3,(H2,30,34)(H,31,32). The molecule has 2 aromatic carbocycles. The summed E-state index contributed by atoms with van der Waals surface area (Å²) < 4.78 is 11.7. The molecule has 0 amide bonds. The molecule has 0 radical (unpaired) electrons. The van der Waals surface area contributed by atoms with Crippen LogP contribution in [-0.4, -0.2) is 39.2 Å². The molecule has 0 aliphatic rings. The third-order valence-corrected chi connectivity index (χ3v) is 7.48. The van der Waals surface area contributed by atoms with Gasteiger partial charge >= 0.3 is 0 Å². The van der Waals surface area contributed by atoms with Crippen molar-refractivity contribution in [3.05, 3.63) is 82.2 Å². The van der Waals surface area contributed by atoms with Gasteiger partial charge in [-0.2, -0.15) is 0 Å². The van der Waals surface area contributed by atoms with Gasteiger partial charge < -0.3 is 25.4 Å². The van der Waals surface area contributed by atoms with Crippen molar-refractivity contribution in [1.82, 2.24) is 15.0 Å². The summed E-state index contributed by atoms with van der Waals surface area (Å²) in [6, 6.07) is 15.4. The maximum absolute atomic E-state index is 8.72. The van der Waals surface area contributed by atoms with E-state index in [1.807, 2.05) is 30.5 Å². The van der Waals surface area contributed by atoms with Gasteiger partial charge in [-0.3, -0.25) is 0 Å². The van der Waals surface area contributed by atoms with Crippen LogP contribution in [-0.2, 0) is 12.8 Å². The Bertz CT molecular complexity index is 1280. The van der Waals surface area contributed by atoms with Crippen LogP contribution in [0.3, 0.4) is 0 Å². The Labute approximate surface area is 227 Å². The fourth-order valence-electron chi connectivity index (χ4n) is 3.93. The quantitative estimate of drug-likeness (QED) is 0.0587. The Morgan fingerprint density at radius 2 is 1.63 bits per heavy atom. The molecule has 0 spiro atoms. The monoisotopic (exact) mass is 533 g/mol. The highest BCUT2D eigenvalue weighted by Crippen LogP contribution is 2.33. The Morgan fingerprint density at radius 3 is 2.21 bits per heavy atom. The van der Waals surface area contributed by atoms with Crippen LogP contribution in [0.15, 0.2) is 66.1 Å². The minimum absolute atomic E-state index is 0.0837. The molecule has 0 atom stereocenters. The first kappa shape index (κ1) is 27.2. The van der Waals surface area contributed by atoms with Crippen molar-refractivity contribution in [2.24, 2.45) is 10.9 Å². The highest BCUT2D eigenvalue weighted by molar-refractivity contribution is 7.12. The van der Waals surface area contributed by atoms with Crippen molar-refractivity contribution < 1.29 is 14.7 Å². The van der Waals surface area contributed by atoms with Gasteiger partial charge in [0.2, 0.25) is 0 Å². The summed E-state index contributed by atoms with van der Waals surface area (Å²) in [5.41, 5.74) is 8.41. The van der Waals surface area contributed by atoms with Crippen molar-refractivity contribution in [3.63, 3.8) is 0 Å². The molecule has 4 rings (SSSR count). The number of oxime groups is 1. The first-order valence-electron chi connectivity index (χ1n) is 13.0. The fourth-order valence-corrected chi connectivity index (χ4v) is 5.02. The number of aryl methyl sites for hydroxylation is 2. The van der Waals surface area contributed by atoms with Gasteiger partial charge in [-0.25, -0.2) is 9.97 Å². The second-order valence-corrected chi connectivity index (χ2v) is 10.4. The third kappa shape index (κ3) is 7.58. The molecule has 0 saturated heterocycles. The molecule has 200 valence electrons. The molecule has 4 N–H and O–H groups in total. The number of aromatic nitrogens is 3. The zero-order valence-electron chi connectivity index (χ0n) is 21.9. The van der Waals surface area contributed by atoms with Crippen LogP contribution < -0.4 is 15.2 Å². The second kappa shape index (κ2) is 13.6. The topological polar surface area (TPSA) is 119 Å². The van der Waals surface area contributed by atoms with Gasteiger partial charge in [0.1, 0.15) is 17.3 Å². The number of ether oxygens (including phenoxy) is 2. The lowest BCUT2D eigenvalue weighted by atomic mass is 10.1. The molecule has 0 fully saturated rings. The number of H-pyrrole nitrogens is 1. The number of nitrogens with zero attached hydrogens (tertiary/aromatic N) is 3. The molecule has 2 heterocycles. The third-order valence-electron chi connectivity index (χ3n) is 6.06.